The van der Waals surface area contributed by atoms with Gasteiger partial charge in [0.25, 0.3) is 5.91 Å². The topological polar surface area (TPSA) is 75.8 Å². The number of hydrogen-bond donors (Lipinski definition) is 1. The molecule has 0 bridgehead atoms. The highest BCUT2D eigenvalue weighted by molar-refractivity contribution is 5.97. The van der Waals surface area contributed by atoms with Crippen LogP contribution < -0.4 is 4.74 Å². The highest BCUT2D eigenvalue weighted by Crippen LogP contribution is 2.25. The van der Waals surface area contributed by atoms with E-state index in [1.165, 1.54) is 0 Å². The van der Waals surface area contributed by atoms with Crippen molar-refractivity contribution < 1.29 is 19.2 Å². The van der Waals surface area contributed by atoms with Crippen molar-refractivity contribution in [3.05, 3.63) is 46.8 Å². The molecule has 1 aliphatic rings. The SMILES string of the molecule is Cc1noc(C)c1COc1ccccc1C(=O)N1CCCC(CO)C1. The molecule has 1 fully saturated rings. The minimum absolute atomic E-state index is 0.0486. The highest BCUT2D eigenvalue weighted by atomic mass is 16.5. The number of aromatic nitrogens is 1. The van der Waals surface area contributed by atoms with Crippen molar-refractivity contribution in [3.8, 4) is 5.75 Å². The van der Waals surface area contributed by atoms with Gasteiger partial charge in [0, 0.05) is 19.7 Å². The fraction of sp³-hybridized carbons (Fsp3) is 0.474. The highest BCUT2D eigenvalue weighted by Gasteiger charge is 2.26. The monoisotopic (exact) mass is 344 g/mol. The normalized spacial score (nSPS) is 17.6. The Morgan fingerprint density at radius 1 is 1.40 bits per heavy atom. The molecular weight excluding hydrogens is 320 g/mol. The number of amides is 1. The van der Waals surface area contributed by atoms with Crippen LogP contribution in [0.2, 0.25) is 0 Å². The molecule has 1 N–H and O–H groups in total. The van der Waals surface area contributed by atoms with Crippen molar-refractivity contribution in [2.75, 3.05) is 19.7 Å². The Kier molecular flexibility index (Phi) is 5.38. The van der Waals surface area contributed by atoms with E-state index < -0.39 is 0 Å². The zero-order valence-corrected chi connectivity index (χ0v) is 14.7. The van der Waals surface area contributed by atoms with Crippen LogP contribution in [-0.4, -0.2) is 40.8 Å². The molecule has 25 heavy (non-hydrogen) atoms. The van der Waals surface area contributed by atoms with E-state index >= 15 is 0 Å². The van der Waals surface area contributed by atoms with E-state index in [-0.39, 0.29) is 18.4 Å². The number of nitrogens with zero attached hydrogens (tertiary/aromatic N) is 2. The van der Waals surface area contributed by atoms with E-state index in [9.17, 15) is 9.90 Å². The summed E-state index contributed by atoms with van der Waals surface area (Å²) in [4.78, 5) is 14.7. The first kappa shape index (κ1) is 17.5. The Bertz CT molecular complexity index is 721. The molecule has 6 heteroatoms. The standard InChI is InChI=1S/C19H24N2O4/c1-13-17(14(2)25-20-13)12-24-18-8-4-3-7-16(18)19(23)21-9-5-6-15(10-21)11-22/h3-4,7-8,15,22H,5-6,9-12H2,1-2H3. The van der Waals surface area contributed by atoms with Crippen LogP contribution in [0.4, 0.5) is 0 Å². The van der Waals surface area contributed by atoms with Gasteiger partial charge in [0.05, 0.1) is 16.8 Å². The second kappa shape index (κ2) is 7.70. The lowest BCUT2D eigenvalue weighted by molar-refractivity contribution is 0.0616. The molecular formula is C19H24N2O4. The van der Waals surface area contributed by atoms with Crippen molar-refractivity contribution in [3.63, 3.8) is 0 Å². The lowest BCUT2D eigenvalue weighted by Crippen LogP contribution is -2.41. The average Bonchev–Trinajstić information content (AvgIpc) is 2.97. The summed E-state index contributed by atoms with van der Waals surface area (Å²) < 4.78 is 11.1. The van der Waals surface area contributed by atoms with Crippen LogP contribution >= 0.6 is 0 Å². The minimum Gasteiger partial charge on any atom is -0.488 e. The molecule has 1 aromatic carbocycles. The van der Waals surface area contributed by atoms with E-state index in [0.717, 1.165) is 29.9 Å². The summed E-state index contributed by atoms with van der Waals surface area (Å²) in [5.41, 5.74) is 2.25. The summed E-state index contributed by atoms with van der Waals surface area (Å²) in [7, 11) is 0. The van der Waals surface area contributed by atoms with Gasteiger partial charge >= 0.3 is 0 Å². The molecule has 134 valence electrons. The average molecular weight is 344 g/mol. The van der Waals surface area contributed by atoms with Gasteiger partial charge in [-0.2, -0.15) is 0 Å². The molecule has 1 aliphatic heterocycles. The number of para-hydroxylation sites is 1. The van der Waals surface area contributed by atoms with Crippen LogP contribution in [0.25, 0.3) is 0 Å². The van der Waals surface area contributed by atoms with Gasteiger partial charge in [-0.1, -0.05) is 17.3 Å². The van der Waals surface area contributed by atoms with E-state index in [1.54, 1.807) is 12.1 Å². The molecule has 1 amide bonds. The number of likely N-dealkylation sites (tertiary alicyclic amines) is 1. The van der Waals surface area contributed by atoms with Gasteiger partial charge < -0.3 is 19.3 Å². The first-order chi connectivity index (χ1) is 12.1. The number of aryl methyl sites for hydroxylation is 2. The van der Waals surface area contributed by atoms with Crippen LogP contribution in [0.5, 0.6) is 5.75 Å². The molecule has 0 spiro atoms. The van der Waals surface area contributed by atoms with Crippen LogP contribution in [0, 0.1) is 19.8 Å². The van der Waals surface area contributed by atoms with Crippen molar-refractivity contribution in [1.82, 2.24) is 10.1 Å². The number of carbonyl (C=O) groups is 1. The number of hydrogen-bond acceptors (Lipinski definition) is 5. The van der Waals surface area contributed by atoms with Gasteiger partial charge in [-0.25, -0.2) is 0 Å². The Morgan fingerprint density at radius 2 is 2.20 bits per heavy atom. The maximum Gasteiger partial charge on any atom is 0.257 e. The predicted octanol–water partition coefficient (Wildman–Crippen LogP) is 2.71. The van der Waals surface area contributed by atoms with Gasteiger partial charge in [-0.15, -0.1) is 0 Å². The second-order valence-corrected chi connectivity index (χ2v) is 6.53. The number of aliphatic hydroxyl groups excluding tert-OH is 1. The van der Waals surface area contributed by atoms with E-state index in [1.807, 2.05) is 30.9 Å². The molecule has 0 radical (unpaired) electrons. The van der Waals surface area contributed by atoms with Crippen molar-refractivity contribution in [2.24, 2.45) is 5.92 Å². The molecule has 1 unspecified atom stereocenters. The minimum atomic E-state index is -0.0486. The largest absolute Gasteiger partial charge is 0.488 e. The third-order valence-electron chi connectivity index (χ3n) is 4.74. The summed E-state index contributed by atoms with van der Waals surface area (Å²) in [6.45, 7) is 5.45. The van der Waals surface area contributed by atoms with Gasteiger partial charge in [0.1, 0.15) is 18.1 Å². The zero-order chi connectivity index (χ0) is 17.8. The fourth-order valence-electron chi connectivity index (χ4n) is 3.20. The molecule has 0 aliphatic carbocycles. The zero-order valence-electron chi connectivity index (χ0n) is 14.7. The molecule has 3 rings (SSSR count). The fourth-order valence-corrected chi connectivity index (χ4v) is 3.20. The lowest BCUT2D eigenvalue weighted by Gasteiger charge is -2.32. The third kappa shape index (κ3) is 3.85. The number of benzene rings is 1. The van der Waals surface area contributed by atoms with Gasteiger partial charge in [0.15, 0.2) is 0 Å². The molecule has 1 saturated heterocycles. The molecule has 1 atom stereocenters. The van der Waals surface area contributed by atoms with Crippen molar-refractivity contribution in [2.45, 2.75) is 33.3 Å². The molecule has 2 heterocycles. The van der Waals surface area contributed by atoms with E-state index in [4.69, 9.17) is 9.26 Å². The van der Waals surface area contributed by atoms with Crippen LogP contribution in [-0.2, 0) is 6.61 Å². The Morgan fingerprint density at radius 3 is 2.92 bits per heavy atom. The van der Waals surface area contributed by atoms with E-state index in [2.05, 4.69) is 5.16 Å². The molecule has 0 saturated carbocycles. The molecule has 2 aromatic rings. The second-order valence-electron chi connectivity index (χ2n) is 6.53. The van der Waals surface area contributed by atoms with Crippen LogP contribution in [0.3, 0.4) is 0 Å². The number of piperidine rings is 1. The van der Waals surface area contributed by atoms with Crippen molar-refractivity contribution >= 4 is 5.91 Å². The van der Waals surface area contributed by atoms with Gasteiger partial charge in [-0.05, 0) is 44.7 Å². The quantitative estimate of drug-likeness (QED) is 0.902. The third-order valence-corrected chi connectivity index (χ3v) is 4.74. The van der Waals surface area contributed by atoms with E-state index in [0.29, 0.717) is 31.0 Å². The number of carbonyl (C=O) groups excluding carboxylic acids is 1. The number of ether oxygens (including phenoxy) is 1. The summed E-state index contributed by atoms with van der Waals surface area (Å²) >= 11 is 0. The number of aliphatic hydroxyl groups is 1. The molecule has 1 aromatic heterocycles. The Balaban J connectivity index is 1.75. The Labute approximate surface area is 147 Å². The smallest absolute Gasteiger partial charge is 0.257 e. The van der Waals surface area contributed by atoms with Crippen LogP contribution in [0.15, 0.2) is 28.8 Å². The summed E-state index contributed by atoms with van der Waals surface area (Å²) in [5, 5.41) is 13.3. The number of rotatable bonds is 5. The van der Waals surface area contributed by atoms with Gasteiger partial charge in [-0.3, -0.25) is 4.79 Å². The van der Waals surface area contributed by atoms with Crippen LogP contribution in [0.1, 0.15) is 40.2 Å². The first-order valence-electron chi connectivity index (χ1n) is 8.64. The van der Waals surface area contributed by atoms with Gasteiger partial charge in [0.2, 0.25) is 0 Å². The first-order valence-corrected chi connectivity index (χ1v) is 8.64. The molecule has 6 nitrogen and oxygen atoms in total. The van der Waals surface area contributed by atoms with Crippen molar-refractivity contribution in [1.29, 1.82) is 0 Å². The summed E-state index contributed by atoms with van der Waals surface area (Å²) in [5.74, 6) is 1.39. The maximum absolute atomic E-state index is 12.9. The Hall–Kier alpha value is -2.34. The predicted molar refractivity (Wildman–Crippen MR) is 92.5 cm³/mol. The maximum atomic E-state index is 12.9. The summed E-state index contributed by atoms with van der Waals surface area (Å²) in [6.07, 6.45) is 1.88. The lowest BCUT2D eigenvalue weighted by atomic mass is 9.98. The summed E-state index contributed by atoms with van der Waals surface area (Å²) in [6, 6.07) is 7.28.